The number of sulfonamides is 1. The monoisotopic (exact) mass is 442 g/mol. The number of aromatic nitrogens is 3. The highest BCUT2D eigenvalue weighted by atomic mass is 32.2. The predicted octanol–water partition coefficient (Wildman–Crippen LogP) is 2.30. The minimum absolute atomic E-state index is 0.217. The van der Waals surface area contributed by atoms with Crippen LogP contribution in [-0.2, 0) is 14.8 Å². The van der Waals surface area contributed by atoms with Crippen molar-refractivity contribution in [2.24, 2.45) is 5.14 Å². The van der Waals surface area contributed by atoms with Crippen molar-refractivity contribution in [1.29, 1.82) is 5.26 Å². The van der Waals surface area contributed by atoms with E-state index < -0.39 is 10.0 Å². The van der Waals surface area contributed by atoms with Gasteiger partial charge in [-0.25, -0.2) is 28.3 Å². The number of esters is 1. The first-order valence-electron chi connectivity index (χ1n) is 9.62. The average molecular weight is 443 g/mol. The Bertz CT molecular complexity index is 1230. The van der Waals surface area contributed by atoms with Gasteiger partial charge in [-0.2, -0.15) is 5.26 Å². The van der Waals surface area contributed by atoms with Crippen LogP contribution in [0.25, 0.3) is 11.0 Å². The molecule has 1 aliphatic rings. The van der Waals surface area contributed by atoms with E-state index in [0.717, 1.165) is 35.6 Å². The van der Waals surface area contributed by atoms with Gasteiger partial charge in [-0.15, -0.1) is 0 Å². The molecule has 4 rings (SSSR count). The number of carbonyl (C=O) groups excluding carboxylic acids is 1. The molecular formula is C20H22N6O4S. The normalized spacial score (nSPS) is 13.5. The molecule has 11 heteroatoms. The standard InChI is InChI=1S/C14H17N3O2.C6H5N3O2S/c1-2-19-14(18)11-8-16-13-10(6-7-15-13)12(11)17-9-4-3-5-9;7-4-5-1-2-9-6(3-5)12(8,10)11/h6-9H,2-5H2,1H3,(H2,15,16,17);1-3H,(H2,8,10,11). The summed E-state index contributed by atoms with van der Waals surface area (Å²) in [5, 5.41) is 17.3. The van der Waals surface area contributed by atoms with Crippen molar-refractivity contribution in [3.8, 4) is 6.07 Å². The fourth-order valence-corrected chi connectivity index (χ4v) is 3.42. The number of nitrogens with two attached hydrogens (primary N) is 1. The van der Waals surface area contributed by atoms with Crippen LogP contribution in [0.4, 0.5) is 5.69 Å². The topological polar surface area (TPSA) is 164 Å². The Hall–Kier alpha value is -3.49. The third kappa shape index (κ3) is 5.36. The molecule has 0 saturated heterocycles. The maximum absolute atomic E-state index is 12.0. The van der Waals surface area contributed by atoms with Crippen molar-refractivity contribution in [2.75, 3.05) is 11.9 Å². The Morgan fingerprint density at radius 3 is 2.77 bits per heavy atom. The lowest BCUT2D eigenvalue weighted by Crippen LogP contribution is -2.28. The third-order valence-electron chi connectivity index (χ3n) is 4.69. The Morgan fingerprint density at radius 1 is 1.39 bits per heavy atom. The number of rotatable bonds is 5. The quantitative estimate of drug-likeness (QED) is 0.507. The first-order chi connectivity index (χ1) is 14.8. The molecule has 0 unspecified atom stereocenters. The number of hydrogen-bond acceptors (Lipinski definition) is 8. The number of carbonyl (C=O) groups is 1. The second-order valence-corrected chi connectivity index (χ2v) is 8.33. The highest BCUT2D eigenvalue weighted by molar-refractivity contribution is 7.89. The second kappa shape index (κ2) is 9.55. The molecule has 10 nitrogen and oxygen atoms in total. The summed E-state index contributed by atoms with van der Waals surface area (Å²) in [5.74, 6) is -0.320. The van der Waals surface area contributed by atoms with E-state index in [4.69, 9.17) is 15.1 Å². The van der Waals surface area contributed by atoms with Crippen LogP contribution in [0, 0.1) is 11.3 Å². The van der Waals surface area contributed by atoms with Crippen LogP contribution in [0.1, 0.15) is 42.1 Å². The summed E-state index contributed by atoms with van der Waals surface area (Å²) in [4.78, 5) is 22.8. The third-order valence-corrected chi connectivity index (χ3v) is 5.50. The molecule has 4 N–H and O–H groups in total. The van der Waals surface area contributed by atoms with Gasteiger partial charge in [0.05, 0.1) is 23.9 Å². The minimum atomic E-state index is -3.80. The van der Waals surface area contributed by atoms with Crippen molar-refractivity contribution in [3.05, 3.63) is 47.9 Å². The number of nitrogens with one attached hydrogen (secondary N) is 2. The zero-order valence-electron chi connectivity index (χ0n) is 16.8. The molecule has 3 aromatic rings. The molecular weight excluding hydrogens is 420 g/mol. The van der Waals surface area contributed by atoms with Crippen molar-refractivity contribution in [3.63, 3.8) is 0 Å². The zero-order valence-corrected chi connectivity index (χ0v) is 17.6. The molecule has 0 aromatic carbocycles. The number of aromatic amines is 1. The molecule has 0 atom stereocenters. The number of nitrogens with zero attached hydrogens (tertiary/aromatic N) is 3. The highest BCUT2D eigenvalue weighted by Crippen LogP contribution is 2.30. The number of H-pyrrole nitrogens is 1. The van der Waals surface area contributed by atoms with Gasteiger partial charge in [-0.3, -0.25) is 0 Å². The lowest BCUT2D eigenvalue weighted by Gasteiger charge is -2.28. The van der Waals surface area contributed by atoms with Crippen LogP contribution in [0.3, 0.4) is 0 Å². The predicted molar refractivity (Wildman–Crippen MR) is 114 cm³/mol. The molecule has 1 aliphatic carbocycles. The molecule has 0 aliphatic heterocycles. The van der Waals surface area contributed by atoms with E-state index >= 15 is 0 Å². The summed E-state index contributed by atoms with van der Waals surface area (Å²) in [5.41, 5.74) is 2.36. The number of hydrogen-bond donors (Lipinski definition) is 3. The summed E-state index contributed by atoms with van der Waals surface area (Å²) in [7, 11) is -3.80. The number of pyridine rings is 2. The maximum atomic E-state index is 12.0. The number of nitriles is 1. The highest BCUT2D eigenvalue weighted by Gasteiger charge is 2.23. The summed E-state index contributed by atoms with van der Waals surface area (Å²) >= 11 is 0. The van der Waals surface area contributed by atoms with Gasteiger partial charge in [0, 0.05) is 30.0 Å². The van der Waals surface area contributed by atoms with Crippen molar-refractivity contribution in [1.82, 2.24) is 15.0 Å². The van der Waals surface area contributed by atoms with E-state index in [1.165, 1.54) is 18.7 Å². The second-order valence-electron chi connectivity index (χ2n) is 6.82. The minimum Gasteiger partial charge on any atom is -0.462 e. The summed E-state index contributed by atoms with van der Waals surface area (Å²) in [6.07, 6.45) is 8.18. The average Bonchev–Trinajstić information content (AvgIpc) is 3.19. The van der Waals surface area contributed by atoms with Crippen LogP contribution in [-0.4, -0.2) is 42.0 Å². The Kier molecular flexibility index (Phi) is 6.84. The first kappa shape index (κ1) is 22.2. The van der Waals surface area contributed by atoms with E-state index in [2.05, 4.69) is 20.3 Å². The number of ether oxygens (including phenoxy) is 1. The Balaban J connectivity index is 0.000000196. The van der Waals surface area contributed by atoms with Gasteiger partial charge in [0.25, 0.3) is 10.0 Å². The molecule has 31 heavy (non-hydrogen) atoms. The Morgan fingerprint density at radius 2 is 2.16 bits per heavy atom. The van der Waals surface area contributed by atoms with Gasteiger partial charge < -0.3 is 15.0 Å². The van der Waals surface area contributed by atoms with Gasteiger partial charge in [-0.1, -0.05) is 0 Å². The summed E-state index contributed by atoms with van der Waals surface area (Å²) < 4.78 is 26.5. The molecule has 162 valence electrons. The lowest BCUT2D eigenvalue weighted by atomic mass is 9.92. The van der Waals surface area contributed by atoms with Gasteiger partial charge in [0.2, 0.25) is 0 Å². The summed E-state index contributed by atoms with van der Waals surface area (Å²) in [6.45, 7) is 2.17. The fourth-order valence-electron chi connectivity index (χ4n) is 2.92. The molecule has 1 saturated carbocycles. The van der Waals surface area contributed by atoms with Gasteiger partial charge in [0.1, 0.15) is 11.2 Å². The van der Waals surface area contributed by atoms with Gasteiger partial charge in [-0.05, 0) is 44.4 Å². The SMILES string of the molecule is CCOC(=O)c1cnc2[nH]ccc2c1NC1CCC1.N#Cc1ccnc(S(N)(=O)=O)c1. The number of anilines is 1. The molecule has 0 bridgehead atoms. The fraction of sp³-hybridized carbons (Fsp3) is 0.300. The first-order valence-corrected chi connectivity index (χ1v) is 11.2. The summed E-state index contributed by atoms with van der Waals surface area (Å²) in [6, 6.07) is 6.69. The molecule has 0 amide bonds. The van der Waals surface area contributed by atoms with E-state index in [1.807, 2.05) is 12.3 Å². The van der Waals surface area contributed by atoms with E-state index in [1.54, 1.807) is 19.2 Å². The number of primary sulfonamides is 1. The van der Waals surface area contributed by atoms with Crippen LogP contribution in [0.5, 0.6) is 0 Å². The van der Waals surface area contributed by atoms with Crippen LogP contribution in [0.15, 0.2) is 41.8 Å². The largest absolute Gasteiger partial charge is 0.462 e. The number of fused-ring (bicyclic) bond motifs is 1. The lowest BCUT2D eigenvalue weighted by molar-refractivity contribution is 0.0527. The van der Waals surface area contributed by atoms with Crippen LogP contribution < -0.4 is 10.5 Å². The molecule has 3 aromatic heterocycles. The van der Waals surface area contributed by atoms with E-state index in [9.17, 15) is 13.2 Å². The molecule has 0 spiro atoms. The maximum Gasteiger partial charge on any atom is 0.341 e. The van der Waals surface area contributed by atoms with Crippen LogP contribution >= 0.6 is 0 Å². The van der Waals surface area contributed by atoms with E-state index in [0.29, 0.717) is 18.2 Å². The van der Waals surface area contributed by atoms with Gasteiger partial charge >= 0.3 is 5.97 Å². The molecule has 3 heterocycles. The Labute approximate surface area is 179 Å². The molecule has 1 fully saturated rings. The van der Waals surface area contributed by atoms with Crippen LogP contribution in [0.2, 0.25) is 0 Å². The van der Waals surface area contributed by atoms with E-state index in [-0.39, 0.29) is 16.6 Å². The smallest absolute Gasteiger partial charge is 0.341 e. The van der Waals surface area contributed by atoms with Crippen molar-refractivity contribution >= 4 is 32.7 Å². The van der Waals surface area contributed by atoms with Gasteiger partial charge in [0.15, 0.2) is 5.03 Å². The zero-order chi connectivity index (χ0) is 22.4. The van der Waals surface area contributed by atoms with Crippen molar-refractivity contribution < 1.29 is 17.9 Å². The van der Waals surface area contributed by atoms with Crippen molar-refractivity contribution in [2.45, 2.75) is 37.3 Å². The molecule has 0 radical (unpaired) electrons.